The maximum absolute atomic E-state index is 5.27. The molecule has 0 spiro atoms. The van der Waals surface area contributed by atoms with Gasteiger partial charge in [-0.05, 0) is 12.1 Å². The van der Waals surface area contributed by atoms with Crippen LogP contribution in [0.2, 0.25) is 0 Å². The van der Waals surface area contributed by atoms with Gasteiger partial charge in [-0.25, -0.2) is 0 Å². The van der Waals surface area contributed by atoms with Gasteiger partial charge in [0.15, 0.2) is 0 Å². The highest BCUT2D eigenvalue weighted by Gasteiger charge is 1.95. The molecule has 0 radical (unpaired) electrons. The molecular formula is C9H14O2S2. The summed E-state index contributed by atoms with van der Waals surface area (Å²) in [6.45, 7) is 1.54. The smallest absolute Gasteiger partial charge is 0.113 e. The molecule has 1 aromatic rings. The minimum absolute atomic E-state index is 0.740. The van der Waals surface area contributed by atoms with Gasteiger partial charge in [-0.3, -0.25) is 0 Å². The van der Waals surface area contributed by atoms with Crippen LogP contribution in [-0.2, 0) is 10.5 Å². The fourth-order valence-corrected chi connectivity index (χ4v) is 1.73. The van der Waals surface area contributed by atoms with Gasteiger partial charge in [0.2, 0.25) is 0 Å². The Hall–Kier alpha value is -0.0600. The van der Waals surface area contributed by atoms with E-state index in [4.69, 9.17) is 9.15 Å². The molecule has 74 valence electrons. The molecule has 0 amide bonds. The normalized spacial score (nSPS) is 10.5. The number of furan rings is 1. The molecule has 1 aromatic heterocycles. The monoisotopic (exact) mass is 218 g/mol. The highest BCUT2D eigenvalue weighted by Crippen LogP contribution is 2.11. The fraction of sp³-hybridized carbons (Fsp3) is 0.556. The molecule has 0 atom stereocenters. The lowest BCUT2D eigenvalue weighted by Crippen LogP contribution is -2.00. The first-order chi connectivity index (χ1) is 6.43. The van der Waals surface area contributed by atoms with Crippen LogP contribution in [0.25, 0.3) is 0 Å². The van der Waals surface area contributed by atoms with Crippen LogP contribution in [0.1, 0.15) is 5.76 Å². The molecule has 0 bridgehead atoms. The Balaban J connectivity index is 1.90. The molecule has 1 heterocycles. The average molecular weight is 218 g/mol. The minimum Gasteiger partial charge on any atom is -0.468 e. The Morgan fingerprint density at radius 1 is 1.46 bits per heavy atom. The lowest BCUT2D eigenvalue weighted by atomic mass is 10.5. The van der Waals surface area contributed by atoms with E-state index in [1.165, 1.54) is 0 Å². The second kappa shape index (κ2) is 7.35. The molecule has 0 fully saturated rings. The van der Waals surface area contributed by atoms with Crippen LogP contribution >= 0.6 is 24.4 Å². The van der Waals surface area contributed by atoms with Gasteiger partial charge in [-0.15, -0.1) is 0 Å². The summed E-state index contributed by atoms with van der Waals surface area (Å²) in [4.78, 5) is 0. The summed E-state index contributed by atoms with van der Waals surface area (Å²) in [6, 6.07) is 3.90. The third-order valence-corrected chi connectivity index (χ3v) is 2.56. The van der Waals surface area contributed by atoms with Gasteiger partial charge in [-0.1, -0.05) is 0 Å². The maximum atomic E-state index is 5.27. The van der Waals surface area contributed by atoms with E-state index in [9.17, 15) is 0 Å². The maximum Gasteiger partial charge on any atom is 0.113 e. The molecule has 4 heteroatoms. The predicted octanol–water partition coefficient (Wildman–Crippen LogP) is 2.46. The summed E-state index contributed by atoms with van der Waals surface area (Å²) in [7, 11) is 0. The highest BCUT2D eigenvalue weighted by molar-refractivity contribution is 7.98. The van der Waals surface area contributed by atoms with Crippen molar-refractivity contribution in [3.05, 3.63) is 24.2 Å². The summed E-state index contributed by atoms with van der Waals surface area (Å²) >= 11 is 5.87. The van der Waals surface area contributed by atoms with E-state index in [-0.39, 0.29) is 0 Å². The van der Waals surface area contributed by atoms with Crippen LogP contribution in [0.15, 0.2) is 22.8 Å². The van der Waals surface area contributed by atoms with Crippen molar-refractivity contribution in [3.8, 4) is 0 Å². The molecule has 0 saturated carbocycles. The Labute approximate surface area is 88.4 Å². The van der Waals surface area contributed by atoms with Crippen molar-refractivity contribution >= 4 is 24.4 Å². The standard InChI is InChI=1S/C9H14O2S2/c12-6-4-10-5-7-13-8-9-2-1-3-11-9/h1-3,12H,4-8H2. The second-order valence-electron chi connectivity index (χ2n) is 2.47. The molecule has 0 aliphatic rings. The Kier molecular flexibility index (Phi) is 6.23. The molecule has 2 nitrogen and oxygen atoms in total. The van der Waals surface area contributed by atoms with Gasteiger partial charge in [0.1, 0.15) is 5.76 Å². The van der Waals surface area contributed by atoms with Crippen molar-refractivity contribution in [2.75, 3.05) is 24.7 Å². The van der Waals surface area contributed by atoms with Gasteiger partial charge in [-0.2, -0.15) is 24.4 Å². The zero-order chi connectivity index (χ0) is 9.36. The highest BCUT2D eigenvalue weighted by atomic mass is 32.2. The molecule has 0 N–H and O–H groups in total. The summed E-state index contributed by atoms with van der Waals surface area (Å²) in [6.07, 6.45) is 1.70. The number of ether oxygens (including phenoxy) is 1. The lowest BCUT2D eigenvalue weighted by molar-refractivity contribution is 0.167. The van der Waals surface area contributed by atoms with E-state index in [2.05, 4.69) is 12.6 Å². The van der Waals surface area contributed by atoms with Gasteiger partial charge >= 0.3 is 0 Å². The van der Waals surface area contributed by atoms with E-state index in [0.717, 1.165) is 36.2 Å². The molecule has 0 aliphatic heterocycles. The first kappa shape index (κ1) is 11.0. The predicted molar refractivity (Wildman–Crippen MR) is 59.5 cm³/mol. The van der Waals surface area contributed by atoms with Crippen LogP contribution in [0.3, 0.4) is 0 Å². The van der Waals surface area contributed by atoms with Crippen molar-refractivity contribution < 1.29 is 9.15 Å². The third kappa shape index (κ3) is 5.29. The zero-order valence-electron chi connectivity index (χ0n) is 7.44. The van der Waals surface area contributed by atoms with Crippen LogP contribution < -0.4 is 0 Å². The van der Waals surface area contributed by atoms with Crippen molar-refractivity contribution in [2.45, 2.75) is 5.75 Å². The number of thioether (sulfide) groups is 1. The SMILES string of the molecule is SCCOCCSCc1ccco1. The summed E-state index contributed by atoms with van der Waals surface area (Å²) in [5.41, 5.74) is 0. The Morgan fingerprint density at radius 3 is 3.08 bits per heavy atom. The van der Waals surface area contributed by atoms with E-state index in [0.29, 0.717) is 0 Å². The molecule has 0 aromatic carbocycles. The lowest BCUT2D eigenvalue weighted by Gasteiger charge is -2.00. The van der Waals surface area contributed by atoms with E-state index in [1.54, 1.807) is 6.26 Å². The molecular weight excluding hydrogens is 204 g/mol. The van der Waals surface area contributed by atoms with Crippen molar-refractivity contribution in [3.63, 3.8) is 0 Å². The topological polar surface area (TPSA) is 22.4 Å². The first-order valence-electron chi connectivity index (χ1n) is 4.22. The van der Waals surface area contributed by atoms with E-state index in [1.807, 2.05) is 23.9 Å². The fourth-order valence-electron chi connectivity index (χ4n) is 0.852. The number of hydrogen-bond donors (Lipinski definition) is 1. The van der Waals surface area contributed by atoms with Crippen LogP contribution in [-0.4, -0.2) is 24.7 Å². The van der Waals surface area contributed by atoms with Crippen molar-refractivity contribution in [1.82, 2.24) is 0 Å². The van der Waals surface area contributed by atoms with Crippen molar-refractivity contribution in [1.29, 1.82) is 0 Å². The summed E-state index contributed by atoms with van der Waals surface area (Å²) < 4.78 is 10.5. The molecule has 1 rings (SSSR count). The van der Waals surface area contributed by atoms with Crippen molar-refractivity contribution in [2.24, 2.45) is 0 Å². The second-order valence-corrected chi connectivity index (χ2v) is 4.02. The molecule has 13 heavy (non-hydrogen) atoms. The van der Waals surface area contributed by atoms with Gasteiger partial charge in [0.25, 0.3) is 0 Å². The molecule has 0 aliphatic carbocycles. The third-order valence-electron chi connectivity index (χ3n) is 1.43. The van der Waals surface area contributed by atoms with E-state index < -0.39 is 0 Å². The first-order valence-corrected chi connectivity index (χ1v) is 6.01. The Bertz CT molecular complexity index is 199. The zero-order valence-corrected chi connectivity index (χ0v) is 9.15. The van der Waals surface area contributed by atoms with Crippen LogP contribution in [0, 0.1) is 0 Å². The average Bonchev–Trinajstić information content (AvgIpc) is 2.63. The van der Waals surface area contributed by atoms with E-state index >= 15 is 0 Å². The number of hydrogen-bond acceptors (Lipinski definition) is 4. The van der Waals surface area contributed by atoms with Gasteiger partial charge in [0.05, 0.1) is 25.2 Å². The Morgan fingerprint density at radius 2 is 2.38 bits per heavy atom. The quantitative estimate of drug-likeness (QED) is 0.561. The number of thiol groups is 1. The molecule has 0 saturated heterocycles. The number of rotatable bonds is 7. The van der Waals surface area contributed by atoms with Gasteiger partial charge < -0.3 is 9.15 Å². The summed E-state index contributed by atoms with van der Waals surface area (Å²) in [5.74, 6) is 3.76. The van der Waals surface area contributed by atoms with Gasteiger partial charge in [0, 0.05) is 11.5 Å². The molecule has 0 unspecified atom stereocenters. The summed E-state index contributed by atoms with van der Waals surface area (Å²) in [5, 5.41) is 0. The van der Waals surface area contributed by atoms with Crippen LogP contribution in [0.4, 0.5) is 0 Å². The minimum atomic E-state index is 0.740. The largest absolute Gasteiger partial charge is 0.468 e. The van der Waals surface area contributed by atoms with Crippen LogP contribution in [0.5, 0.6) is 0 Å².